The second-order valence-electron chi connectivity index (χ2n) is 15.6. The average Bonchev–Trinajstić information content (AvgIpc) is 3.25. The highest BCUT2D eigenvalue weighted by Crippen LogP contribution is 2.12. The van der Waals surface area contributed by atoms with Gasteiger partial charge in [0.05, 0.1) is 32.2 Å². The zero-order valence-electron chi connectivity index (χ0n) is 39.0. The maximum atomic E-state index is 12.9. The van der Waals surface area contributed by atoms with E-state index in [4.69, 9.17) is 28.4 Å². The van der Waals surface area contributed by atoms with Crippen molar-refractivity contribution in [3.8, 4) is 0 Å². The van der Waals surface area contributed by atoms with Crippen molar-refractivity contribution < 1.29 is 42.8 Å². The van der Waals surface area contributed by atoms with E-state index in [2.05, 4.69) is 76.0 Å². The topological polar surface area (TPSA) is 110 Å². The summed E-state index contributed by atoms with van der Waals surface area (Å²) in [5.41, 5.74) is 0. The molecule has 0 saturated heterocycles. The molecule has 348 valence electrons. The van der Waals surface area contributed by atoms with Gasteiger partial charge in [-0.3, -0.25) is 9.59 Å². The SMILES string of the molecule is CCCCC/C=C\C/C=C\CCCCCCCC(=O)OCC(COC(=O)CCC(OC/C=C/CCCCC)OC/C=C/CCCCC)COC(=O)OCCCN(CC)CC. The maximum Gasteiger partial charge on any atom is 0.508 e. The highest BCUT2D eigenvalue weighted by atomic mass is 16.7. The summed E-state index contributed by atoms with van der Waals surface area (Å²) in [7, 11) is 0. The number of rotatable bonds is 43. The Labute approximate surface area is 367 Å². The molecule has 0 aliphatic carbocycles. The summed E-state index contributed by atoms with van der Waals surface area (Å²) >= 11 is 0. The predicted octanol–water partition coefficient (Wildman–Crippen LogP) is 12.8. The smallest absolute Gasteiger partial charge is 0.465 e. The quantitative estimate of drug-likeness (QED) is 0.0193. The molecule has 0 heterocycles. The monoisotopic (exact) mass is 848 g/mol. The lowest BCUT2D eigenvalue weighted by Gasteiger charge is -2.19. The van der Waals surface area contributed by atoms with Crippen LogP contribution in [0.4, 0.5) is 4.79 Å². The first-order valence-corrected chi connectivity index (χ1v) is 24.1. The Morgan fingerprint density at radius 2 is 0.950 bits per heavy atom. The highest BCUT2D eigenvalue weighted by molar-refractivity contribution is 5.69. The van der Waals surface area contributed by atoms with Gasteiger partial charge in [-0.25, -0.2) is 4.79 Å². The van der Waals surface area contributed by atoms with Gasteiger partial charge in [0.1, 0.15) is 19.8 Å². The number of ether oxygens (including phenoxy) is 6. The molecule has 0 aromatic heterocycles. The fourth-order valence-electron chi connectivity index (χ4n) is 6.17. The van der Waals surface area contributed by atoms with Crippen LogP contribution in [0.3, 0.4) is 0 Å². The Balaban J connectivity index is 4.91. The van der Waals surface area contributed by atoms with Gasteiger partial charge in [-0.15, -0.1) is 0 Å². The molecule has 0 aliphatic rings. The summed E-state index contributed by atoms with van der Waals surface area (Å²) in [5.74, 6) is -1.28. The van der Waals surface area contributed by atoms with Crippen molar-refractivity contribution >= 4 is 18.1 Å². The molecule has 0 amide bonds. The molecule has 0 radical (unpaired) electrons. The summed E-state index contributed by atoms with van der Waals surface area (Å²) in [6, 6.07) is 0. The first-order chi connectivity index (χ1) is 29.4. The minimum Gasteiger partial charge on any atom is -0.465 e. The van der Waals surface area contributed by atoms with Crippen LogP contribution in [-0.2, 0) is 38.0 Å². The van der Waals surface area contributed by atoms with Crippen LogP contribution in [-0.4, -0.2) is 88.6 Å². The van der Waals surface area contributed by atoms with Crippen LogP contribution in [0.5, 0.6) is 0 Å². The fraction of sp³-hybridized carbons (Fsp3) is 0.780. The van der Waals surface area contributed by atoms with Gasteiger partial charge in [0.25, 0.3) is 0 Å². The maximum absolute atomic E-state index is 12.9. The highest BCUT2D eigenvalue weighted by Gasteiger charge is 2.19. The normalized spacial score (nSPS) is 12.5. The second kappa shape index (κ2) is 45.6. The van der Waals surface area contributed by atoms with Crippen molar-refractivity contribution in [3.63, 3.8) is 0 Å². The third-order valence-corrected chi connectivity index (χ3v) is 10.1. The van der Waals surface area contributed by atoms with E-state index in [1.807, 2.05) is 12.2 Å². The lowest BCUT2D eigenvalue weighted by Crippen LogP contribution is -2.27. The van der Waals surface area contributed by atoms with Gasteiger partial charge in [0, 0.05) is 19.4 Å². The van der Waals surface area contributed by atoms with E-state index in [0.717, 1.165) is 90.3 Å². The van der Waals surface area contributed by atoms with Crippen molar-refractivity contribution in [2.75, 3.05) is 59.3 Å². The predicted molar refractivity (Wildman–Crippen MR) is 246 cm³/mol. The van der Waals surface area contributed by atoms with Crippen LogP contribution in [0.15, 0.2) is 48.6 Å². The lowest BCUT2D eigenvalue weighted by molar-refractivity contribution is -0.156. The first kappa shape index (κ1) is 57.1. The Morgan fingerprint density at radius 3 is 1.48 bits per heavy atom. The molecule has 1 atom stereocenters. The average molecular weight is 848 g/mol. The van der Waals surface area contributed by atoms with Crippen molar-refractivity contribution in [2.24, 2.45) is 5.92 Å². The van der Waals surface area contributed by atoms with Crippen molar-refractivity contribution in [3.05, 3.63) is 48.6 Å². The van der Waals surface area contributed by atoms with E-state index in [9.17, 15) is 14.4 Å². The van der Waals surface area contributed by atoms with E-state index in [0.29, 0.717) is 32.5 Å². The molecule has 0 rings (SSSR count). The molecule has 60 heavy (non-hydrogen) atoms. The van der Waals surface area contributed by atoms with E-state index in [1.165, 1.54) is 51.4 Å². The molecular formula is C50H89NO9. The molecule has 10 nitrogen and oxygen atoms in total. The minimum atomic E-state index is -0.793. The van der Waals surface area contributed by atoms with Crippen molar-refractivity contribution in [2.45, 2.75) is 189 Å². The molecule has 0 bridgehead atoms. The van der Waals surface area contributed by atoms with Gasteiger partial charge < -0.3 is 33.3 Å². The molecule has 0 fully saturated rings. The van der Waals surface area contributed by atoms with Crippen LogP contribution >= 0.6 is 0 Å². The molecule has 0 N–H and O–H groups in total. The number of esters is 2. The molecule has 0 spiro atoms. The minimum absolute atomic E-state index is 0.0361. The molecule has 10 heteroatoms. The molecule has 1 unspecified atom stereocenters. The zero-order valence-corrected chi connectivity index (χ0v) is 39.0. The largest absolute Gasteiger partial charge is 0.508 e. The van der Waals surface area contributed by atoms with Gasteiger partial charge in [-0.1, -0.05) is 141 Å². The number of hydrogen-bond donors (Lipinski definition) is 0. The van der Waals surface area contributed by atoms with Crippen LogP contribution in [0, 0.1) is 5.92 Å². The molecule has 0 aliphatic heterocycles. The standard InChI is InChI=1S/C50H89NO9/c1-6-11-14-17-20-21-22-23-24-25-26-27-28-29-32-36-47(52)58-43-46(45-60-50(54)57-42-35-39-51(9-4)10-5)44-59-48(53)37-38-49(55-40-33-30-18-15-12-7-2)56-41-34-31-19-16-13-8-3/h20-21,23-24,30-31,33-34,46,49H,6-19,22,25-29,32,35-45H2,1-5H3/b21-20-,24-23-,33-30+,34-31+. The van der Waals surface area contributed by atoms with Gasteiger partial charge >= 0.3 is 18.1 Å². The van der Waals surface area contributed by atoms with Crippen LogP contribution in [0.25, 0.3) is 0 Å². The molecule has 0 saturated carbocycles. The number of allylic oxidation sites excluding steroid dienone is 6. The van der Waals surface area contributed by atoms with Crippen molar-refractivity contribution in [1.82, 2.24) is 4.90 Å². The molecule has 0 aromatic rings. The summed E-state index contributed by atoms with van der Waals surface area (Å²) in [6.45, 7) is 14.3. The first-order valence-electron chi connectivity index (χ1n) is 24.1. The Hall–Kier alpha value is -2.95. The van der Waals surface area contributed by atoms with Gasteiger partial charge in [-0.2, -0.15) is 0 Å². The number of nitrogens with zero attached hydrogens (tertiary/aromatic N) is 1. The van der Waals surface area contributed by atoms with Crippen LogP contribution in [0.1, 0.15) is 182 Å². The molecular weight excluding hydrogens is 759 g/mol. The summed E-state index contributed by atoms with van der Waals surface area (Å²) < 4.78 is 33.8. The van der Waals surface area contributed by atoms with E-state index >= 15 is 0 Å². The van der Waals surface area contributed by atoms with Crippen LogP contribution in [0.2, 0.25) is 0 Å². The number of carbonyl (C=O) groups excluding carboxylic acids is 3. The van der Waals surface area contributed by atoms with Crippen molar-refractivity contribution in [1.29, 1.82) is 0 Å². The summed E-state index contributed by atoms with van der Waals surface area (Å²) in [5, 5.41) is 0. The summed E-state index contributed by atoms with van der Waals surface area (Å²) in [6.07, 6.45) is 38.7. The number of unbranched alkanes of at least 4 members (excludes halogenated alkanes) is 14. The molecule has 0 aromatic carbocycles. The van der Waals surface area contributed by atoms with Crippen LogP contribution < -0.4 is 0 Å². The lowest BCUT2D eigenvalue weighted by atomic mass is 10.1. The Kier molecular flexibility index (Phi) is 43.3. The zero-order chi connectivity index (χ0) is 44.0. The Morgan fingerprint density at radius 1 is 0.483 bits per heavy atom. The fourth-order valence-corrected chi connectivity index (χ4v) is 6.17. The van der Waals surface area contributed by atoms with E-state index < -0.39 is 24.3 Å². The Bertz CT molecular complexity index is 1080. The second-order valence-corrected chi connectivity index (χ2v) is 15.6. The number of carbonyl (C=O) groups is 3. The van der Waals surface area contributed by atoms with Gasteiger partial charge in [-0.05, 0) is 83.7 Å². The van der Waals surface area contributed by atoms with Gasteiger partial charge in [0.2, 0.25) is 0 Å². The van der Waals surface area contributed by atoms with E-state index in [1.54, 1.807) is 0 Å². The van der Waals surface area contributed by atoms with Gasteiger partial charge in [0.15, 0.2) is 6.29 Å². The number of hydrogen-bond acceptors (Lipinski definition) is 10. The third kappa shape index (κ3) is 40.5. The summed E-state index contributed by atoms with van der Waals surface area (Å²) in [4.78, 5) is 40.2. The third-order valence-electron chi connectivity index (χ3n) is 10.1. The van der Waals surface area contributed by atoms with E-state index in [-0.39, 0.29) is 38.8 Å².